The number of carbonyl (C=O) groups is 1. The van der Waals surface area contributed by atoms with Crippen LogP contribution in [0.5, 0.6) is 0 Å². The zero-order valence-electron chi connectivity index (χ0n) is 10.1. The zero-order chi connectivity index (χ0) is 12.0. The second kappa shape index (κ2) is 6.09. The molecule has 0 aliphatic carbocycles. The number of aromatic amines is 1. The lowest BCUT2D eigenvalue weighted by Crippen LogP contribution is -2.37. The molecule has 0 aromatic carbocycles. The van der Waals surface area contributed by atoms with Crippen molar-refractivity contribution in [3.8, 4) is 0 Å². The van der Waals surface area contributed by atoms with Gasteiger partial charge in [-0.2, -0.15) is 5.10 Å². The molecule has 0 spiro atoms. The summed E-state index contributed by atoms with van der Waals surface area (Å²) in [5.41, 5.74) is 0. The Morgan fingerprint density at radius 3 is 2.88 bits per heavy atom. The Bertz CT molecular complexity index is 336. The fraction of sp³-hybridized carbons (Fsp3) is 0.700. The van der Waals surface area contributed by atoms with Crippen LogP contribution in [-0.2, 0) is 6.54 Å². The number of aromatic nitrogens is 3. The number of urea groups is 1. The number of carbonyl (C=O) groups excluding carboxylic acids is 1. The molecule has 0 radical (unpaired) electrons. The Labute approximate surface area is 95.4 Å². The van der Waals surface area contributed by atoms with Gasteiger partial charge < -0.3 is 10.2 Å². The summed E-state index contributed by atoms with van der Waals surface area (Å²) in [7, 11) is 1.73. The van der Waals surface area contributed by atoms with Crippen molar-refractivity contribution in [1.82, 2.24) is 25.4 Å². The normalized spacial score (nSPS) is 10.2. The first kappa shape index (κ1) is 12.5. The molecule has 1 heterocycles. The van der Waals surface area contributed by atoms with Crippen LogP contribution in [0.15, 0.2) is 0 Å². The van der Waals surface area contributed by atoms with E-state index in [-0.39, 0.29) is 6.03 Å². The van der Waals surface area contributed by atoms with Crippen molar-refractivity contribution in [2.45, 2.75) is 33.2 Å². The van der Waals surface area contributed by atoms with Gasteiger partial charge in [0.25, 0.3) is 0 Å². The van der Waals surface area contributed by atoms with Gasteiger partial charge in [-0.05, 0) is 13.3 Å². The quantitative estimate of drug-likeness (QED) is 0.736. The summed E-state index contributed by atoms with van der Waals surface area (Å²) >= 11 is 0. The minimum absolute atomic E-state index is 0.0871. The zero-order valence-corrected chi connectivity index (χ0v) is 10.1. The molecule has 2 N–H and O–H groups in total. The number of unbranched alkanes of at least 4 members (excludes halogenated alkanes) is 1. The SMILES string of the molecule is CCCCNC(=O)N(C)Cc1n[nH]c(C)n1. The standard InChI is InChI=1S/C10H19N5O/c1-4-5-6-11-10(16)15(3)7-9-12-8(2)13-14-9/h4-7H2,1-3H3,(H,11,16)(H,12,13,14). The van der Waals surface area contributed by atoms with Crippen LogP contribution in [0.25, 0.3) is 0 Å². The van der Waals surface area contributed by atoms with Crippen molar-refractivity contribution in [3.63, 3.8) is 0 Å². The number of rotatable bonds is 5. The molecule has 0 unspecified atom stereocenters. The van der Waals surface area contributed by atoms with Crippen LogP contribution in [0, 0.1) is 6.92 Å². The first-order valence-electron chi connectivity index (χ1n) is 5.50. The molecule has 0 fully saturated rings. The predicted octanol–water partition coefficient (Wildman–Crippen LogP) is 1.05. The van der Waals surface area contributed by atoms with Crippen LogP contribution < -0.4 is 5.32 Å². The molecule has 0 saturated heterocycles. The van der Waals surface area contributed by atoms with E-state index in [1.807, 2.05) is 6.92 Å². The van der Waals surface area contributed by atoms with Crippen LogP contribution in [0.3, 0.4) is 0 Å². The highest BCUT2D eigenvalue weighted by Crippen LogP contribution is 1.97. The van der Waals surface area contributed by atoms with E-state index < -0.39 is 0 Å². The fourth-order valence-corrected chi connectivity index (χ4v) is 1.25. The van der Waals surface area contributed by atoms with Gasteiger partial charge in [-0.15, -0.1) is 0 Å². The largest absolute Gasteiger partial charge is 0.338 e. The van der Waals surface area contributed by atoms with Crippen molar-refractivity contribution in [2.24, 2.45) is 0 Å². The van der Waals surface area contributed by atoms with E-state index in [9.17, 15) is 4.79 Å². The van der Waals surface area contributed by atoms with Gasteiger partial charge in [-0.25, -0.2) is 9.78 Å². The molecule has 2 amide bonds. The Balaban J connectivity index is 2.34. The lowest BCUT2D eigenvalue weighted by molar-refractivity contribution is 0.205. The maximum absolute atomic E-state index is 11.6. The number of hydrogen-bond acceptors (Lipinski definition) is 3. The van der Waals surface area contributed by atoms with Crippen LogP contribution >= 0.6 is 0 Å². The van der Waals surface area contributed by atoms with Gasteiger partial charge >= 0.3 is 6.03 Å². The van der Waals surface area contributed by atoms with E-state index in [1.165, 1.54) is 0 Å². The summed E-state index contributed by atoms with van der Waals surface area (Å²) in [6.07, 6.45) is 2.07. The number of hydrogen-bond donors (Lipinski definition) is 2. The minimum atomic E-state index is -0.0871. The Morgan fingerprint density at radius 1 is 1.56 bits per heavy atom. The van der Waals surface area contributed by atoms with Crippen molar-refractivity contribution >= 4 is 6.03 Å². The molecule has 6 nitrogen and oxygen atoms in total. The average molecular weight is 225 g/mol. The van der Waals surface area contributed by atoms with Gasteiger partial charge in [0.05, 0.1) is 6.54 Å². The average Bonchev–Trinajstić information content (AvgIpc) is 2.64. The van der Waals surface area contributed by atoms with Gasteiger partial charge in [0, 0.05) is 13.6 Å². The molecule has 6 heteroatoms. The smallest absolute Gasteiger partial charge is 0.317 e. The fourth-order valence-electron chi connectivity index (χ4n) is 1.25. The highest BCUT2D eigenvalue weighted by molar-refractivity contribution is 5.73. The van der Waals surface area contributed by atoms with E-state index in [1.54, 1.807) is 11.9 Å². The van der Waals surface area contributed by atoms with Gasteiger partial charge in [0.2, 0.25) is 0 Å². The van der Waals surface area contributed by atoms with E-state index in [4.69, 9.17) is 0 Å². The summed E-state index contributed by atoms with van der Waals surface area (Å²) in [6, 6.07) is -0.0871. The molecule has 0 saturated carbocycles. The number of H-pyrrole nitrogens is 1. The van der Waals surface area contributed by atoms with Crippen molar-refractivity contribution in [2.75, 3.05) is 13.6 Å². The van der Waals surface area contributed by atoms with E-state index >= 15 is 0 Å². The number of nitrogens with zero attached hydrogens (tertiary/aromatic N) is 3. The van der Waals surface area contributed by atoms with Gasteiger partial charge in [0.1, 0.15) is 5.82 Å². The van der Waals surface area contributed by atoms with Crippen LogP contribution in [0.1, 0.15) is 31.4 Å². The summed E-state index contributed by atoms with van der Waals surface area (Å²) in [6.45, 7) is 5.05. The van der Waals surface area contributed by atoms with Crippen molar-refractivity contribution < 1.29 is 4.79 Å². The Kier molecular flexibility index (Phi) is 4.75. The second-order valence-corrected chi connectivity index (χ2v) is 3.78. The first-order valence-corrected chi connectivity index (χ1v) is 5.50. The molecule has 1 rings (SSSR count). The maximum atomic E-state index is 11.6. The van der Waals surface area contributed by atoms with Crippen molar-refractivity contribution in [3.05, 3.63) is 11.6 Å². The molecule has 0 atom stereocenters. The summed E-state index contributed by atoms with van der Waals surface area (Å²) in [5, 5.41) is 9.55. The van der Waals surface area contributed by atoms with E-state index in [0.717, 1.165) is 18.7 Å². The molecule has 1 aromatic heterocycles. The van der Waals surface area contributed by atoms with Gasteiger partial charge in [0.15, 0.2) is 5.82 Å². The lowest BCUT2D eigenvalue weighted by atomic mass is 10.3. The summed E-state index contributed by atoms with van der Waals surface area (Å²) < 4.78 is 0. The third-order valence-corrected chi connectivity index (χ3v) is 2.18. The molecule has 16 heavy (non-hydrogen) atoms. The van der Waals surface area contributed by atoms with E-state index in [0.29, 0.717) is 18.9 Å². The summed E-state index contributed by atoms with van der Waals surface area (Å²) in [4.78, 5) is 17.3. The number of nitrogens with one attached hydrogen (secondary N) is 2. The monoisotopic (exact) mass is 225 g/mol. The summed E-state index contributed by atoms with van der Waals surface area (Å²) in [5.74, 6) is 1.39. The molecule has 1 aromatic rings. The highest BCUT2D eigenvalue weighted by atomic mass is 16.2. The third-order valence-electron chi connectivity index (χ3n) is 2.18. The molecule has 0 aliphatic rings. The highest BCUT2D eigenvalue weighted by Gasteiger charge is 2.10. The second-order valence-electron chi connectivity index (χ2n) is 3.78. The van der Waals surface area contributed by atoms with Crippen molar-refractivity contribution in [1.29, 1.82) is 0 Å². The third kappa shape index (κ3) is 3.88. The molecule has 0 bridgehead atoms. The molecule has 90 valence electrons. The minimum Gasteiger partial charge on any atom is -0.338 e. The maximum Gasteiger partial charge on any atom is 0.317 e. The molecular formula is C10H19N5O. The number of aryl methyl sites for hydroxylation is 1. The Hall–Kier alpha value is -1.59. The predicted molar refractivity (Wildman–Crippen MR) is 60.9 cm³/mol. The van der Waals surface area contributed by atoms with Gasteiger partial charge in [-0.1, -0.05) is 13.3 Å². The van der Waals surface area contributed by atoms with Crippen LogP contribution in [-0.4, -0.2) is 39.7 Å². The number of amides is 2. The molecular weight excluding hydrogens is 206 g/mol. The molecule has 0 aliphatic heterocycles. The Morgan fingerprint density at radius 2 is 2.31 bits per heavy atom. The van der Waals surface area contributed by atoms with E-state index in [2.05, 4.69) is 27.4 Å². The van der Waals surface area contributed by atoms with Gasteiger partial charge in [-0.3, -0.25) is 5.10 Å². The van der Waals surface area contributed by atoms with Crippen LogP contribution in [0.4, 0.5) is 4.79 Å². The lowest BCUT2D eigenvalue weighted by Gasteiger charge is -2.15. The topological polar surface area (TPSA) is 73.9 Å². The van der Waals surface area contributed by atoms with Crippen LogP contribution in [0.2, 0.25) is 0 Å². The first-order chi connectivity index (χ1) is 7.63.